The largest absolute Gasteiger partial charge is 0.464 e. The van der Waals surface area contributed by atoms with Gasteiger partial charge in [-0.3, -0.25) is 14.4 Å². The van der Waals surface area contributed by atoms with E-state index in [-0.39, 0.29) is 55.0 Å². The lowest BCUT2D eigenvalue weighted by Gasteiger charge is -2.40. The fraction of sp³-hybridized carbons (Fsp3) is 0.659. The summed E-state index contributed by atoms with van der Waals surface area (Å²) in [6.45, 7) is 12.6. The number of carbonyl (C=O) groups excluding carboxylic acids is 4. The third-order valence-corrected chi connectivity index (χ3v) is 10.7. The molecule has 3 rings (SSSR count). The molecule has 300 valence electrons. The number of carbonyl (C=O) groups is 4. The first-order valence-corrected chi connectivity index (χ1v) is 19.5. The van der Waals surface area contributed by atoms with E-state index in [1.165, 1.54) is 0 Å². The Bertz CT molecular complexity index is 1450. The summed E-state index contributed by atoms with van der Waals surface area (Å²) in [6.07, 6.45) is 6.14. The number of anilines is 1. The molecular weight excluding hydrogens is 688 g/mol. The molecule has 0 aliphatic carbocycles. The predicted octanol–water partition coefficient (Wildman–Crippen LogP) is 4.90. The number of esters is 1. The average Bonchev–Trinajstić information content (AvgIpc) is 3.66. The van der Waals surface area contributed by atoms with E-state index in [9.17, 15) is 19.2 Å². The lowest BCUT2D eigenvalue weighted by molar-refractivity contribution is -0.150. The number of likely N-dealkylation sites (N-methyl/N-ethyl adjacent to an activating group) is 1. The fourth-order valence-corrected chi connectivity index (χ4v) is 7.32. The Morgan fingerprint density at radius 1 is 0.981 bits per heavy atom. The van der Waals surface area contributed by atoms with E-state index in [1.54, 1.807) is 56.5 Å². The van der Waals surface area contributed by atoms with Gasteiger partial charge in [-0.15, -0.1) is 0 Å². The molecule has 0 spiro atoms. The highest BCUT2D eigenvalue weighted by molar-refractivity contribution is 5.87. The maximum Gasteiger partial charge on any atom is 0.328 e. The Morgan fingerprint density at radius 3 is 2.26 bits per heavy atom. The molecule has 1 aliphatic rings. The van der Waals surface area contributed by atoms with Crippen molar-refractivity contribution in [3.63, 3.8) is 0 Å². The van der Waals surface area contributed by atoms with Crippen LogP contribution in [0.2, 0.25) is 0 Å². The lowest BCUT2D eigenvalue weighted by atomic mass is 9.89. The topological polar surface area (TPSA) is 152 Å². The summed E-state index contributed by atoms with van der Waals surface area (Å²) in [5.41, 5.74) is 0.899. The van der Waals surface area contributed by atoms with Crippen molar-refractivity contribution >= 4 is 29.6 Å². The first-order valence-electron chi connectivity index (χ1n) is 19.5. The molecule has 3 amide bonds. The Balaban J connectivity index is 1.77. The molecule has 0 radical (unpaired) electrons. The minimum atomic E-state index is -0.872. The summed E-state index contributed by atoms with van der Waals surface area (Å²) in [6, 6.07) is 8.98. The number of benzene rings is 1. The number of methoxy groups -OCH3 is 2. The van der Waals surface area contributed by atoms with Gasteiger partial charge in [0, 0.05) is 46.6 Å². The normalized spacial score (nSPS) is 18.2. The molecule has 1 fully saturated rings. The SMILES string of the molecule is CCCCOC(=O)C(Cc1ccccc1)NC(=O)[C@H](C)[C@@H](OC)[C@@H]1CCCN1C(=O)C[C@@H](OC)[C@H]([C@@H](C)CC)N(C)C(=O)[C@@H](Nc1ncccn1)C(C)C. The number of nitrogens with zero attached hydrogens (tertiary/aromatic N) is 4. The van der Waals surface area contributed by atoms with Gasteiger partial charge >= 0.3 is 5.97 Å². The van der Waals surface area contributed by atoms with E-state index in [2.05, 4.69) is 34.4 Å². The Labute approximate surface area is 322 Å². The van der Waals surface area contributed by atoms with Gasteiger partial charge in [-0.05, 0) is 42.7 Å². The second kappa shape index (κ2) is 22.3. The molecule has 13 heteroatoms. The quantitative estimate of drug-likeness (QED) is 0.126. The van der Waals surface area contributed by atoms with E-state index >= 15 is 0 Å². The molecule has 2 N–H and O–H groups in total. The zero-order valence-electron chi connectivity index (χ0n) is 33.8. The van der Waals surface area contributed by atoms with Gasteiger partial charge in [-0.2, -0.15) is 0 Å². The summed E-state index contributed by atoms with van der Waals surface area (Å²) < 4.78 is 17.5. The molecule has 54 heavy (non-hydrogen) atoms. The fourth-order valence-electron chi connectivity index (χ4n) is 7.32. The third kappa shape index (κ3) is 12.2. The van der Waals surface area contributed by atoms with Crippen molar-refractivity contribution in [3.05, 3.63) is 54.4 Å². The van der Waals surface area contributed by atoms with Crippen LogP contribution in [0.4, 0.5) is 5.95 Å². The monoisotopic (exact) mass is 752 g/mol. The molecule has 0 saturated carbocycles. The van der Waals surface area contributed by atoms with Crippen LogP contribution in [-0.4, -0.2) is 114 Å². The highest BCUT2D eigenvalue weighted by Crippen LogP contribution is 2.30. The van der Waals surface area contributed by atoms with E-state index in [4.69, 9.17) is 14.2 Å². The third-order valence-electron chi connectivity index (χ3n) is 10.7. The summed E-state index contributed by atoms with van der Waals surface area (Å²) in [5, 5.41) is 6.13. The van der Waals surface area contributed by atoms with E-state index in [0.29, 0.717) is 18.9 Å². The number of unbranched alkanes of at least 4 members (excludes halogenated alkanes) is 1. The summed E-state index contributed by atoms with van der Waals surface area (Å²) in [4.78, 5) is 67.3. The smallest absolute Gasteiger partial charge is 0.328 e. The number of hydrogen-bond acceptors (Lipinski definition) is 10. The van der Waals surface area contributed by atoms with Gasteiger partial charge in [0.2, 0.25) is 23.7 Å². The van der Waals surface area contributed by atoms with E-state index < -0.39 is 42.2 Å². The van der Waals surface area contributed by atoms with Gasteiger partial charge in [-0.25, -0.2) is 14.8 Å². The number of nitrogens with one attached hydrogen (secondary N) is 2. The maximum absolute atomic E-state index is 14.2. The molecule has 0 bridgehead atoms. The van der Waals surface area contributed by atoms with E-state index in [0.717, 1.165) is 31.2 Å². The zero-order chi connectivity index (χ0) is 39.8. The van der Waals surface area contributed by atoms with Crippen molar-refractivity contribution in [1.82, 2.24) is 25.1 Å². The van der Waals surface area contributed by atoms with Crippen LogP contribution in [-0.2, 0) is 39.8 Å². The van der Waals surface area contributed by atoms with Crippen LogP contribution in [0.1, 0.15) is 85.6 Å². The molecule has 1 unspecified atom stereocenters. The number of amides is 3. The van der Waals surface area contributed by atoms with Crippen LogP contribution in [0.5, 0.6) is 0 Å². The average molecular weight is 753 g/mol. The van der Waals surface area contributed by atoms with Crippen molar-refractivity contribution in [3.8, 4) is 0 Å². The minimum absolute atomic E-state index is 0.0137. The first kappa shape index (κ1) is 44.3. The van der Waals surface area contributed by atoms with Crippen LogP contribution >= 0.6 is 0 Å². The van der Waals surface area contributed by atoms with Gasteiger partial charge in [0.1, 0.15) is 12.1 Å². The van der Waals surface area contributed by atoms with Gasteiger partial charge in [0.15, 0.2) is 0 Å². The van der Waals surface area contributed by atoms with Crippen LogP contribution < -0.4 is 10.6 Å². The second-order valence-corrected chi connectivity index (χ2v) is 14.8. The first-order chi connectivity index (χ1) is 25.9. The molecular formula is C41H64N6O7. The van der Waals surface area contributed by atoms with Crippen LogP contribution in [0.25, 0.3) is 0 Å². The molecule has 1 aromatic heterocycles. The Morgan fingerprint density at radius 2 is 1.67 bits per heavy atom. The van der Waals surface area contributed by atoms with Crippen molar-refractivity contribution in [2.24, 2.45) is 17.8 Å². The molecule has 13 nitrogen and oxygen atoms in total. The molecule has 2 aromatic rings. The Hall–Kier alpha value is -4.10. The number of hydrogen-bond donors (Lipinski definition) is 2. The summed E-state index contributed by atoms with van der Waals surface area (Å²) in [5.74, 6) is -1.48. The van der Waals surface area contributed by atoms with Gasteiger partial charge in [-0.1, -0.05) is 84.7 Å². The molecule has 1 aromatic carbocycles. The Kier molecular flexibility index (Phi) is 18.3. The van der Waals surface area contributed by atoms with Crippen molar-refractivity contribution in [2.75, 3.05) is 39.7 Å². The van der Waals surface area contributed by atoms with Crippen LogP contribution in [0, 0.1) is 17.8 Å². The van der Waals surface area contributed by atoms with Gasteiger partial charge in [0.05, 0.1) is 43.2 Å². The minimum Gasteiger partial charge on any atom is -0.464 e. The van der Waals surface area contributed by atoms with Crippen molar-refractivity contribution in [1.29, 1.82) is 0 Å². The number of aromatic nitrogens is 2. The standard InChI is InChI=1S/C41H64N6O7/c1-10-12-24-54-40(51)31(25-30-18-14-13-15-19-30)44-38(49)29(6)37(53-9)32-20-16-23-47(32)34(48)26-33(52-8)36(28(5)11-2)46(7)39(50)35(27(3)4)45-41-42-21-17-22-43-41/h13-15,17-19,21-22,27-29,31-33,35-37H,10-12,16,20,23-26H2,1-9H3,(H,44,49)(H,42,43,45)/t28-,29+,31?,32-,33+,35-,36-,37+/m0/s1. The summed E-state index contributed by atoms with van der Waals surface area (Å²) in [7, 11) is 4.89. The highest BCUT2D eigenvalue weighted by atomic mass is 16.5. The molecule has 8 atom stereocenters. The molecule has 2 heterocycles. The predicted molar refractivity (Wildman–Crippen MR) is 208 cm³/mol. The maximum atomic E-state index is 14.2. The van der Waals surface area contributed by atoms with Crippen molar-refractivity contribution in [2.45, 2.75) is 123 Å². The number of likely N-dealkylation sites (tertiary alicyclic amines) is 1. The van der Waals surface area contributed by atoms with Gasteiger partial charge in [0.25, 0.3) is 0 Å². The lowest BCUT2D eigenvalue weighted by Crippen LogP contribution is -2.56. The van der Waals surface area contributed by atoms with Crippen LogP contribution in [0.15, 0.2) is 48.8 Å². The number of rotatable bonds is 22. The molecule has 1 saturated heterocycles. The zero-order valence-corrected chi connectivity index (χ0v) is 33.8. The second-order valence-electron chi connectivity index (χ2n) is 14.8. The molecule has 1 aliphatic heterocycles. The van der Waals surface area contributed by atoms with Crippen LogP contribution in [0.3, 0.4) is 0 Å². The van der Waals surface area contributed by atoms with E-state index in [1.807, 2.05) is 51.1 Å². The van der Waals surface area contributed by atoms with Gasteiger partial charge < -0.3 is 34.6 Å². The highest BCUT2D eigenvalue weighted by Gasteiger charge is 2.43. The summed E-state index contributed by atoms with van der Waals surface area (Å²) >= 11 is 0. The number of ether oxygens (including phenoxy) is 3. The van der Waals surface area contributed by atoms with Crippen molar-refractivity contribution < 1.29 is 33.4 Å².